The van der Waals surface area contributed by atoms with Gasteiger partial charge < -0.3 is 24.1 Å². The number of fused-ring (bicyclic) bond motifs is 5. The predicted octanol–water partition coefficient (Wildman–Crippen LogP) is 6.73. The summed E-state index contributed by atoms with van der Waals surface area (Å²) >= 11 is 0. The predicted molar refractivity (Wildman–Crippen MR) is 148 cm³/mol. The van der Waals surface area contributed by atoms with Gasteiger partial charge in [-0.1, -0.05) is 55.3 Å². The van der Waals surface area contributed by atoms with Crippen molar-refractivity contribution in [3.05, 3.63) is 71.3 Å². The molecule has 1 saturated carbocycles. The van der Waals surface area contributed by atoms with Gasteiger partial charge in [0.05, 0.1) is 25.3 Å². The number of rotatable bonds is 4. The molecule has 2 bridgehead atoms. The average molecular weight is 511 g/mol. The highest BCUT2D eigenvalue weighted by Crippen LogP contribution is 2.58. The second-order valence-corrected chi connectivity index (χ2v) is 11.1. The maximum absolute atomic E-state index is 13.5. The maximum Gasteiger partial charge on any atom is 0.410 e. The molecule has 1 aliphatic heterocycles. The Balaban J connectivity index is 1.36. The van der Waals surface area contributed by atoms with E-state index in [2.05, 4.69) is 23.2 Å². The first kappa shape index (κ1) is 23.4. The fraction of sp³-hybridized carbons (Fsp3) is 0.406. The number of benzene rings is 3. The third-order valence-corrected chi connectivity index (χ3v) is 9.53. The Morgan fingerprint density at radius 3 is 2.66 bits per heavy atom. The lowest BCUT2D eigenvalue weighted by atomic mass is 9.52. The number of nitrogens with one attached hydrogen (secondary N) is 1. The van der Waals surface area contributed by atoms with Gasteiger partial charge in [0.15, 0.2) is 0 Å². The van der Waals surface area contributed by atoms with E-state index in [1.807, 2.05) is 41.3 Å². The molecule has 1 amide bonds. The van der Waals surface area contributed by atoms with E-state index in [1.165, 1.54) is 29.4 Å². The largest absolute Gasteiger partial charge is 0.495 e. The molecule has 4 aromatic rings. The lowest BCUT2D eigenvalue weighted by Gasteiger charge is -2.58. The first-order chi connectivity index (χ1) is 18.6. The summed E-state index contributed by atoms with van der Waals surface area (Å²) < 4.78 is 17.6. The number of carbonyl (C=O) groups excluding carboxylic acids is 1. The van der Waals surface area contributed by atoms with Crippen LogP contribution in [0.25, 0.3) is 21.8 Å². The lowest BCUT2D eigenvalue weighted by molar-refractivity contribution is -0.0134. The molecule has 3 aromatic carbocycles. The summed E-state index contributed by atoms with van der Waals surface area (Å²) in [5, 5.41) is 2.36. The zero-order chi connectivity index (χ0) is 25.9. The minimum Gasteiger partial charge on any atom is -0.495 e. The lowest BCUT2D eigenvalue weighted by Crippen LogP contribution is -2.62. The fourth-order valence-corrected chi connectivity index (χ4v) is 7.90. The van der Waals surface area contributed by atoms with Crippen molar-refractivity contribution in [3.63, 3.8) is 0 Å². The van der Waals surface area contributed by atoms with E-state index in [9.17, 15) is 4.79 Å². The molecule has 1 N–H and O–H groups in total. The van der Waals surface area contributed by atoms with Crippen molar-refractivity contribution < 1.29 is 19.0 Å². The number of hydrogen-bond acceptors (Lipinski definition) is 4. The van der Waals surface area contributed by atoms with E-state index >= 15 is 0 Å². The molecule has 6 nitrogen and oxygen atoms in total. The highest BCUT2D eigenvalue weighted by molar-refractivity contribution is 6.13. The molecule has 1 aromatic heterocycles. The number of aromatic nitrogens is 1. The molecule has 7 rings (SSSR count). The van der Waals surface area contributed by atoms with Gasteiger partial charge in [-0.05, 0) is 60.4 Å². The first-order valence-corrected chi connectivity index (χ1v) is 13.8. The van der Waals surface area contributed by atoms with Crippen LogP contribution in [0.4, 0.5) is 4.79 Å². The number of hydrogen-bond donors (Lipinski definition) is 1. The third kappa shape index (κ3) is 3.35. The van der Waals surface area contributed by atoms with Crippen molar-refractivity contribution in [2.75, 3.05) is 20.8 Å². The number of amides is 1. The number of para-hydroxylation sites is 1. The van der Waals surface area contributed by atoms with Crippen LogP contribution in [0, 0.1) is 5.92 Å². The van der Waals surface area contributed by atoms with Crippen LogP contribution in [-0.4, -0.2) is 42.8 Å². The highest BCUT2D eigenvalue weighted by Gasteiger charge is 2.55. The summed E-state index contributed by atoms with van der Waals surface area (Å²) in [6.07, 6.45) is 6.35. The topological polar surface area (TPSA) is 63.8 Å². The number of carbonyl (C=O) groups is 1. The van der Waals surface area contributed by atoms with Gasteiger partial charge in [0.2, 0.25) is 0 Å². The molecule has 0 radical (unpaired) electrons. The van der Waals surface area contributed by atoms with Crippen molar-refractivity contribution in [3.8, 4) is 11.5 Å². The Labute approximate surface area is 222 Å². The van der Waals surface area contributed by atoms with Gasteiger partial charge >= 0.3 is 6.09 Å². The number of nitrogens with zero attached hydrogens (tertiary/aromatic N) is 1. The number of ether oxygens (including phenoxy) is 3. The van der Waals surface area contributed by atoms with Gasteiger partial charge in [-0.25, -0.2) is 4.79 Å². The van der Waals surface area contributed by atoms with Gasteiger partial charge in [0.1, 0.15) is 18.1 Å². The van der Waals surface area contributed by atoms with Crippen LogP contribution in [0.15, 0.2) is 54.6 Å². The second kappa shape index (κ2) is 8.97. The zero-order valence-corrected chi connectivity index (χ0v) is 22.1. The average Bonchev–Trinajstić information content (AvgIpc) is 3.36. The van der Waals surface area contributed by atoms with Gasteiger partial charge in [0.25, 0.3) is 0 Å². The van der Waals surface area contributed by atoms with E-state index in [1.54, 1.807) is 14.2 Å². The number of piperidine rings is 1. The van der Waals surface area contributed by atoms with Gasteiger partial charge in [-0.3, -0.25) is 0 Å². The molecule has 38 heavy (non-hydrogen) atoms. The summed E-state index contributed by atoms with van der Waals surface area (Å²) in [5.41, 5.74) is 5.86. The molecule has 196 valence electrons. The van der Waals surface area contributed by atoms with Gasteiger partial charge in [0, 0.05) is 28.8 Å². The van der Waals surface area contributed by atoms with Crippen LogP contribution >= 0.6 is 0 Å². The molecule has 3 atom stereocenters. The maximum atomic E-state index is 13.5. The van der Waals surface area contributed by atoms with Crippen molar-refractivity contribution in [1.82, 2.24) is 9.88 Å². The second-order valence-electron chi connectivity index (χ2n) is 11.1. The molecular formula is C32H34N2O4. The summed E-state index contributed by atoms with van der Waals surface area (Å²) in [6, 6.07) is 18.6. The van der Waals surface area contributed by atoms with Crippen LogP contribution in [0.2, 0.25) is 0 Å². The molecule has 2 aliphatic carbocycles. The van der Waals surface area contributed by atoms with Crippen LogP contribution in [0.5, 0.6) is 11.5 Å². The van der Waals surface area contributed by atoms with Crippen LogP contribution in [-0.2, 0) is 23.2 Å². The zero-order valence-electron chi connectivity index (χ0n) is 22.1. The molecule has 0 unspecified atom stereocenters. The summed E-state index contributed by atoms with van der Waals surface area (Å²) in [4.78, 5) is 19.2. The van der Waals surface area contributed by atoms with Crippen LogP contribution in [0.1, 0.15) is 48.8 Å². The summed E-state index contributed by atoms with van der Waals surface area (Å²) in [6.45, 7) is 1.04. The Morgan fingerprint density at radius 2 is 1.84 bits per heavy atom. The molecule has 2 heterocycles. The van der Waals surface area contributed by atoms with E-state index in [4.69, 9.17) is 14.2 Å². The quantitative estimate of drug-likeness (QED) is 0.331. The standard InChI is InChI=1S/C32H34N2O4/c1-36-26-13-8-11-21-28-22-17-25-23-12-6-7-14-32(23,24(22)18-27(37-2)30(28)33-29(21)26)15-16-34(25)31(35)38-19-20-9-4-3-5-10-20/h3-5,8-11,13,18,23,25,33H,6-7,12,14-17,19H2,1-2H3/t23-,25+,32+/m1/s1. The normalized spacial score (nSPS) is 24.1. The Morgan fingerprint density at radius 1 is 1.00 bits per heavy atom. The van der Waals surface area contributed by atoms with Crippen molar-refractivity contribution in [1.29, 1.82) is 0 Å². The molecule has 1 saturated heterocycles. The van der Waals surface area contributed by atoms with Crippen LogP contribution in [0.3, 0.4) is 0 Å². The number of likely N-dealkylation sites (tertiary alicyclic amines) is 1. The van der Waals surface area contributed by atoms with E-state index in [0.29, 0.717) is 12.5 Å². The monoisotopic (exact) mass is 510 g/mol. The van der Waals surface area contributed by atoms with E-state index < -0.39 is 0 Å². The minimum atomic E-state index is -0.188. The fourth-order valence-electron chi connectivity index (χ4n) is 7.90. The van der Waals surface area contributed by atoms with Crippen LogP contribution < -0.4 is 9.47 Å². The Hall–Kier alpha value is -3.67. The van der Waals surface area contributed by atoms with Crippen molar-refractivity contribution >= 4 is 27.9 Å². The van der Waals surface area contributed by atoms with Gasteiger partial charge in [-0.15, -0.1) is 0 Å². The number of H-pyrrole nitrogens is 1. The SMILES string of the molecule is COc1cccc2c1[nH]c1c(OC)cc3c(c12)C[C@H]1[C@H]2CCCC[C@@]32CCN1C(=O)OCc1ccccc1. The number of aromatic amines is 1. The highest BCUT2D eigenvalue weighted by atomic mass is 16.6. The molecule has 6 heteroatoms. The Kier molecular flexibility index (Phi) is 5.53. The first-order valence-electron chi connectivity index (χ1n) is 13.8. The molecule has 0 spiro atoms. The molecule has 2 fully saturated rings. The molecular weight excluding hydrogens is 476 g/mol. The van der Waals surface area contributed by atoms with E-state index in [0.717, 1.165) is 65.7 Å². The van der Waals surface area contributed by atoms with Crippen molar-refractivity contribution in [2.45, 2.75) is 56.6 Å². The third-order valence-electron chi connectivity index (χ3n) is 9.53. The van der Waals surface area contributed by atoms with Gasteiger partial charge in [-0.2, -0.15) is 0 Å². The summed E-state index contributed by atoms with van der Waals surface area (Å²) in [7, 11) is 3.47. The molecule has 3 aliphatic rings. The Bertz CT molecular complexity index is 1530. The van der Waals surface area contributed by atoms with E-state index in [-0.39, 0.29) is 17.6 Å². The summed E-state index contributed by atoms with van der Waals surface area (Å²) in [5.74, 6) is 2.15. The van der Waals surface area contributed by atoms with Crippen molar-refractivity contribution in [2.24, 2.45) is 5.92 Å². The minimum absolute atomic E-state index is 0.0661. The number of methoxy groups -OCH3 is 2. The smallest absolute Gasteiger partial charge is 0.410 e.